The molecular formula is C23H23N3O10S. The van der Waals surface area contributed by atoms with Gasteiger partial charge in [0, 0.05) is 24.3 Å². The fraction of sp³-hybridized carbons (Fsp3) is 0.348. The number of esters is 1. The van der Waals surface area contributed by atoms with Crippen molar-refractivity contribution in [2.75, 3.05) is 19.4 Å². The molecule has 14 heteroatoms. The van der Waals surface area contributed by atoms with Crippen LogP contribution in [0.5, 0.6) is 0 Å². The number of amides is 1. The first-order valence-corrected chi connectivity index (χ1v) is 12.2. The molecule has 1 amide bonds. The third-order valence-electron chi connectivity index (χ3n) is 5.49. The monoisotopic (exact) mass is 533 g/mol. The molecule has 1 aliphatic rings. The maximum Gasteiger partial charge on any atom is 0.508 e. The van der Waals surface area contributed by atoms with Gasteiger partial charge in [0.15, 0.2) is 0 Å². The molecule has 37 heavy (non-hydrogen) atoms. The molecule has 13 nitrogen and oxygen atoms in total. The van der Waals surface area contributed by atoms with Gasteiger partial charge in [0.05, 0.1) is 27.7 Å². The van der Waals surface area contributed by atoms with E-state index in [1.165, 1.54) is 65.2 Å². The molecule has 1 saturated heterocycles. The average molecular weight is 534 g/mol. The second-order valence-electron chi connectivity index (χ2n) is 7.88. The fourth-order valence-electron chi connectivity index (χ4n) is 3.55. The third-order valence-corrected chi connectivity index (χ3v) is 6.56. The summed E-state index contributed by atoms with van der Waals surface area (Å²) in [5.74, 6) is -1.33. The highest BCUT2D eigenvalue weighted by Gasteiger charge is 2.47. The first-order chi connectivity index (χ1) is 17.7. The van der Waals surface area contributed by atoms with Crippen LogP contribution in [-0.4, -0.2) is 57.6 Å². The summed E-state index contributed by atoms with van der Waals surface area (Å²) in [6.45, 7) is -0.513. The Balaban J connectivity index is 1.36. The number of nitro benzene ring substituents is 2. The zero-order chi connectivity index (χ0) is 26.9. The Labute approximate surface area is 215 Å². The Morgan fingerprint density at radius 3 is 1.89 bits per heavy atom. The lowest BCUT2D eigenvalue weighted by Crippen LogP contribution is -2.60. The van der Waals surface area contributed by atoms with E-state index in [1.807, 2.05) is 0 Å². The van der Waals surface area contributed by atoms with Crippen molar-refractivity contribution in [3.05, 3.63) is 79.9 Å². The predicted molar refractivity (Wildman–Crippen MR) is 129 cm³/mol. The maximum atomic E-state index is 12.5. The highest BCUT2D eigenvalue weighted by atomic mass is 32.2. The van der Waals surface area contributed by atoms with Crippen molar-refractivity contribution < 1.29 is 38.4 Å². The molecule has 1 fully saturated rings. The van der Waals surface area contributed by atoms with Gasteiger partial charge in [-0.15, -0.1) is 11.8 Å². The van der Waals surface area contributed by atoms with Crippen LogP contribution in [0.2, 0.25) is 0 Å². The van der Waals surface area contributed by atoms with Gasteiger partial charge in [-0.25, -0.2) is 4.79 Å². The van der Waals surface area contributed by atoms with Crippen LogP contribution in [0.1, 0.15) is 17.5 Å². The lowest BCUT2D eigenvalue weighted by molar-refractivity contribution is -0.385. The lowest BCUT2D eigenvalue weighted by atomic mass is 9.95. The number of likely N-dealkylation sites (tertiary alicyclic amines) is 1. The standard InChI is InChI=1S/C23H23N3O10S/c1-37-22-19(10-11-34-23(29)36-14-16-4-8-18(9-5-16)26(32)33)21(28)24(22)12-20(27)35-13-15-2-6-17(7-3-15)25(30)31/h2-9,19,22H,10-14H2,1H3/t19-,22+/m0/s1. The number of nitrogens with zero attached hydrogens (tertiary/aromatic N) is 3. The topological polar surface area (TPSA) is 168 Å². The molecule has 2 aromatic carbocycles. The molecule has 196 valence electrons. The van der Waals surface area contributed by atoms with Gasteiger partial charge in [0.2, 0.25) is 5.91 Å². The van der Waals surface area contributed by atoms with Crippen LogP contribution in [0.3, 0.4) is 0 Å². The molecule has 0 spiro atoms. The van der Waals surface area contributed by atoms with E-state index in [2.05, 4.69) is 0 Å². The second kappa shape index (κ2) is 12.7. The Hall–Kier alpha value is -4.20. The van der Waals surface area contributed by atoms with Crippen LogP contribution < -0.4 is 0 Å². The van der Waals surface area contributed by atoms with Gasteiger partial charge >= 0.3 is 12.1 Å². The summed E-state index contributed by atoms with van der Waals surface area (Å²) in [4.78, 5) is 58.2. The SMILES string of the molecule is CS[C@@H]1[C@@H](CCOC(=O)OCc2ccc([N+](=O)[O-])cc2)C(=O)N1CC(=O)OCc1ccc([N+](=O)[O-])cc1. The summed E-state index contributed by atoms with van der Waals surface area (Å²) >= 11 is 1.38. The molecule has 0 aliphatic carbocycles. The van der Waals surface area contributed by atoms with Gasteiger partial charge < -0.3 is 19.1 Å². The number of β-lactam (4-membered cyclic amide) rings is 1. The van der Waals surface area contributed by atoms with E-state index in [4.69, 9.17) is 14.2 Å². The van der Waals surface area contributed by atoms with Crippen molar-refractivity contribution in [2.45, 2.75) is 25.0 Å². The summed E-state index contributed by atoms with van der Waals surface area (Å²) in [7, 11) is 0. The van der Waals surface area contributed by atoms with E-state index in [-0.39, 0.29) is 55.4 Å². The van der Waals surface area contributed by atoms with Crippen molar-refractivity contribution in [3.63, 3.8) is 0 Å². The molecule has 0 unspecified atom stereocenters. The third kappa shape index (κ3) is 7.39. The predicted octanol–water partition coefficient (Wildman–Crippen LogP) is 3.44. The quantitative estimate of drug-likeness (QED) is 0.169. The number of thioether (sulfide) groups is 1. The maximum absolute atomic E-state index is 12.5. The number of ether oxygens (including phenoxy) is 3. The summed E-state index contributed by atoms with van der Waals surface area (Å²) in [6.07, 6.45) is 1.10. The average Bonchev–Trinajstić information content (AvgIpc) is 2.89. The minimum absolute atomic E-state index is 0.0645. The summed E-state index contributed by atoms with van der Waals surface area (Å²) < 4.78 is 15.2. The molecule has 0 N–H and O–H groups in total. The molecule has 3 rings (SSSR count). The van der Waals surface area contributed by atoms with Crippen molar-refractivity contribution in [1.82, 2.24) is 4.90 Å². The molecule has 0 bridgehead atoms. The highest BCUT2D eigenvalue weighted by Crippen LogP contribution is 2.36. The van der Waals surface area contributed by atoms with Crippen LogP contribution in [0.15, 0.2) is 48.5 Å². The number of carbonyl (C=O) groups is 3. The Kier molecular flexibility index (Phi) is 9.38. The molecule has 1 aliphatic heterocycles. The first kappa shape index (κ1) is 27.4. The summed E-state index contributed by atoms with van der Waals surface area (Å²) in [5.41, 5.74) is 0.976. The molecule has 0 saturated carbocycles. The molecule has 2 aromatic rings. The Morgan fingerprint density at radius 2 is 1.41 bits per heavy atom. The number of nitro groups is 2. The molecule has 0 radical (unpaired) electrons. The van der Waals surface area contributed by atoms with Crippen molar-refractivity contribution in [3.8, 4) is 0 Å². The van der Waals surface area contributed by atoms with Crippen LogP contribution in [0, 0.1) is 26.1 Å². The van der Waals surface area contributed by atoms with E-state index >= 15 is 0 Å². The van der Waals surface area contributed by atoms with Gasteiger partial charge in [-0.2, -0.15) is 0 Å². The number of hydrogen-bond acceptors (Lipinski definition) is 11. The van der Waals surface area contributed by atoms with Gasteiger partial charge in [0.1, 0.15) is 19.8 Å². The van der Waals surface area contributed by atoms with E-state index in [9.17, 15) is 34.6 Å². The highest BCUT2D eigenvalue weighted by molar-refractivity contribution is 7.99. The van der Waals surface area contributed by atoms with Gasteiger partial charge in [0.25, 0.3) is 11.4 Å². The number of rotatable bonds is 12. The number of benzene rings is 2. The number of carbonyl (C=O) groups excluding carboxylic acids is 3. The van der Waals surface area contributed by atoms with Crippen LogP contribution in [0.25, 0.3) is 0 Å². The van der Waals surface area contributed by atoms with E-state index < -0.39 is 27.9 Å². The van der Waals surface area contributed by atoms with E-state index in [0.29, 0.717) is 11.1 Å². The van der Waals surface area contributed by atoms with Crippen LogP contribution in [-0.2, 0) is 37.0 Å². The van der Waals surface area contributed by atoms with E-state index in [1.54, 1.807) is 6.26 Å². The molecular weight excluding hydrogens is 510 g/mol. The smallest absolute Gasteiger partial charge is 0.459 e. The van der Waals surface area contributed by atoms with Crippen molar-refractivity contribution in [2.24, 2.45) is 5.92 Å². The van der Waals surface area contributed by atoms with Crippen molar-refractivity contribution in [1.29, 1.82) is 0 Å². The van der Waals surface area contributed by atoms with Gasteiger partial charge in [-0.05, 0) is 48.1 Å². The van der Waals surface area contributed by atoms with Crippen molar-refractivity contribution >= 4 is 41.2 Å². The zero-order valence-corrected chi connectivity index (χ0v) is 20.5. The van der Waals surface area contributed by atoms with Gasteiger partial charge in [-0.1, -0.05) is 0 Å². The Bertz CT molecular complexity index is 1160. The summed E-state index contributed by atoms with van der Waals surface area (Å²) in [5, 5.41) is 21.1. The van der Waals surface area contributed by atoms with Crippen LogP contribution in [0.4, 0.5) is 16.2 Å². The number of non-ortho nitro benzene ring substituents is 2. The van der Waals surface area contributed by atoms with Gasteiger partial charge in [-0.3, -0.25) is 29.8 Å². The Morgan fingerprint density at radius 1 is 0.892 bits per heavy atom. The minimum atomic E-state index is -0.933. The minimum Gasteiger partial charge on any atom is -0.459 e. The lowest BCUT2D eigenvalue weighted by Gasteiger charge is -2.45. The van der Waals surface area contributed by atoms with Crippen LogP contribution >= 0.6 is 11.8 Å². The summed E-state index contributed by atoms with van der Waals surface area (Å²) in [6, 6.07) is 11.1. The zero-order valence-electron chi connectivity index (χ0n) is 19.6. The molecule has 2 atom stereocenters. The normalized spacial score (nSPS) is 16.5. The fourth-order valence-corrected chi connectivity index (χ4v) is 4.56. The first-order valence-electron chi connectivity index (χ1n) is 10.9. The van der Waals surface area contributed by atoms with E-state index in [0.717, 1.165) is 0 Å². The number of hydrogen-bond donors (Lipinski definition) is 0. The molecule has 1 heterocycles. The largest absolute Gasteiger partial charge is 0.508 e. The second-order valence-corrected chi connectivity index (χ2v) is 8.84. The molecule has 0 aromatic heterocycles.